The van der Waals surface area contributed by atoms with E-state index in [4.69, 9.17) is 4.74 Å². The van der Waals surface area contributed by atoms with Crippen molar-refractivity contribution in [1.82, 2.24) is 10.3 Å². The third-order valence-corrected chi connectivity index (χ3v) is 3.45. The van der Waals surface area contributed by atoms with E-state index in [1.165, 1.54) is 19.2 Å². The van der Waals surface area contributed by atoms with Crippen LogP contribution >= 0.6 is 15.9 Å². The van der Waals surface area contributed by atoms with Gasteiger partial charge in [0.05, 0.1) is 13.2 Å². The molecule has 0 saturated heterocycles. The Morgan fingerprint density at radius 1 is 1.38 bits per heavy atom. The van der Waals surface area contributed by atoms with Gasteiger partial charge in [-0.25, -0.2) is 9.37 Å². The maximum atomic E-state index is 13.7. The van der Waals surface area contributed by atoms with Gasteiger partial charge in [-0.15, -0.1) is 0 Å². The maximum absolute atomic E-state index is 13.7. The highest BCUT2D eigenvalue weighted by Crippen LogP contribution is 2.21. The fourth-order valence-electron chi connectivity index (χ4n) is 1.82. The number of pyridine rings is 1. The molecule has 0 aliphatic heterocycles. The molecule has 1 N–H and O–H groups in total. The lowest BCUT2D eigenvalue weighted by molar-refractivity contribution is 0.0934. The first-order valence-corrected chi connectivity index (χ1v) is 7.06. The van der Waals surface area contributed by atoms with Crippen LogP contribution in [-0.4, -0.2) is 18.0 Å². The fourth-order valence-corrected chi connectivity index (χ4v) is 2.05. The van der Waals surface area contributed by atoms with Crippen LogP contribution in [0.15, 0.2) is 41.0 Å². The first-order chi connectivity index (χ1) is 10.0. The molecular formula is C15H14BrFN2O2. The molecule has 0 radical (unpaired) electrons. The van der Waals surface area contributed by atoms with Gasteiger partial charge in [0.25, 0.3) is 5.91 Å². The molecular weight excluding hydrogens is 339 g/mol. The molecule has 1 aromatic heterocycles. The van der Waals surface area contributed by atoms with Crippen LogP contribution in [0.2, 0.25) is 0 Å². The number of carbonyl (C=O) groups is 1. The van der Waals surface area contributed by atoms with Gasteiger partial charge < -0.3 is 10.1 Å². The van der Waals surface area contributed by atoms with Crippen molar-refractivity contribution in [2.45, 2.75) is 13.0 Å². The zero-order valence-electron chi connectivity index (χ0n) is 11.6. The third kappa shape index (κ3) is 3.78. The van der Waals surface area contributed by atoms with Crippen molar-refractivity contribution in [3.63, 3.8) is 0 Å². The van der Waals surface area contributed by atoms with Crippen LogP contribution in [0.3, 0.4) is 0 Å². The number of ether oxygens (including phenoxy) is 1. The normalized spacial score (nSPS) is 11.8. The van der Waals surface area contributed by atoms with Crippen LogP contribution in [-0.2, 0) is 0 Å². The summed E-state index contributed by atoms with van der Waals surface area (Å²) in [4.78, 5) is 16.1. The molecule has 2 rings (SSSR count). The van der Waals surface area contributed by atoms with E-state index >= 15 is 0 Å². The van der Waals surface area contributed by atoms with Gasteiger partial charge in [0.2, 0.25) is 0 Å². The number of nitrogens with one attached hydrogen (secondary N) is 1. The van der Waals surface area contributed by atoms with Gasteiger partial charge in [-0.2, -0.15) is 0 Å². The topological polar surface area (TPSA) is 51.2 Å². The van der Waals surface area contributed by atoms with Gasteiger partial charge in [0.1, 0.15) is 5.69 Å². The second-order valence-corrected chi connectivity index (χ2v) is 5.37. The predicted molar refractivity (Wildman–Crippen MR) is 80.8 cm³/mol. The molecule has 0 spiro atoms. The monoisotopic (exact) mass is 352 g/mol. The molecule has 0 aliphatic rings. The molecule has 21 heavy (non-hydrogen) atoms. The summed E-state index contributed by atoms with van der Waals surface area (Å²) >= 11 is 3.26. The van der Waals surface area contributed by atoms with Crippen LogP contribution in [0.1, 0.15) is 29.0 Å². The first kappa shape index (κ1) is 15.4. The lowest BCUT2D eigenvalue weighted by atomic mass is 10.1. The molecule has 0 bridgehead atoms. The standard InChI is InChI=1S/C15H14BrFN2O2/c1-9(10-3-6-14(21-2)12(17)7-10)19-15(20)13-5-4-11(16)8-18-13/h3-9H,1-2H3,(H,19,20). The maximum Gasteiger partial charge on any atom is 0.270 e. The molecule has 6 heteroatoms. The van der Waals surface area contributed by atoms with Crippen LogP contribution in [0.25, 0.3) is 0 Å². The van der Waals surface area contributed by atoms with E-state index in [2.05, 4.69) is 26.2 Å². The Labute approximate surface area is 130 Å². The van der Waals surface area contributed by atoms with Gasteiger partial charge in [-0.3, -0.25) is 4.79 Å². The molecule has 4 nitrogen and oxygen atoms in total. The number of halogens is 2. The molecule has 0 aliphatic carbocycles. The average molecular weight is 353 g/mol. The zero-order chi connectivity index (χ0) is 15.4. The highest BCUT2D eigenvalue weighted by Gasteiger charge is 2.14. The molecule has 1 atom stereocenters. The van der Waals surface area contributed by atoms with Crippen LogP contribution < -0.4 is 10.1 Å². The number of hydrogen-bond acceptors (Lipinski definition) is 3. The fraction of sp³-hybridized carbons (Fsp3) is 0.200. The lowest BCUT2D eigenvalue weighted by Gasteiger charge is -2.15. The number of aromatic nitrogens is 1. The Kier molecular flexibility index (Phi) is 4.90. The smallest absolute Gasteiger partial charge is 0.270 e. The highest BCUT2D eigenvalue weighted by molar-refractivity contribution is 9.10. The quantitative estimate of drug-likeness (QED) is 0.916. The van der Waals surface area contributed by atoms with E-state index < -0.39 is 5.82 Å². The number of nitrogens with zero attached hydrogens (tertiary/aromatic N) is 1. The van der Waals surface area contributed by atoms with Gasteiger partial charge in [0.15, 0.2) is 11.6 Å². The van der Waals surface area contributed by atoms with E-state index in [0.29, 0.717) is 11.3 Å². The number of carbonyl (C=O) groups excluding carboxylic acids is 1. The Hall–Kier alpha value is -1.95. The van der Waals surface area contributed by atoms with Gasteiger partial charge in [-0.1, -0.05) is 6.07 Å². The van der Waals surface area contributed by atoms with Gasteiger partial charge in [0, 0.05) is 10.7 Å². The second kappa shape index (κ2) is 6.67. The predicted octanol–water partition coefficient (Wildman–Crippen LogP) is 3.48. The molecule has 1 heterocycles. The van der Waals surface area contributed by atoms with Crippen molar-refractivity contribution in [3.05, 3.63) is 58.1 Å². The third-order valence-electron chi connectivity index (χ3n) is 2.98. The molecule has 110 valence electrons. The summed E-state index contributed by atoms with van der Waals surface area (Å²) in [6.07, 6.45) is 1.55. The van der Waals surface area contributed by atoms with Crippen molar-refractivity contribution in [1.29, 1.82) is 0 Å². The van der Waals surface area contributed by atoms with Gasteiger partial charge >= 0.3 is 0 Å². The minimum absolute atomic E-state index is 0.173. The first-order valence-electron chi connectivity index (χ1n) is 6.27. The molecule has 0 fully saturated rings. The van der Waals surface area contributed by atoms with E-state index in [9.17, 15) is 9.18 Å². The Balaban J connectivity index is 2.10. The number of hydrogen-bond donors (Lipinski definition) is 1. The summed E-state index contributed by atoms with van der Waals surface area (Å²) in [6, 6.07) is 7.59. The van der Waals surface area contributed by atoms with Crippen molar-refractivity contribution in [3.8, 4) is 5.75 Å². The van der Waals surface area contributed by atoms with Crippen molar-refractivity contribution < 1.29 is 13.9 Å². The second-order valence-electron chi connectivity index (χ2n) is 4.45. The summed E-state index contributed by atoms with van der Waals surface area (Å²) < 4.78 is 19.3. The lowest BCUT2D eigenvalue weighted by Crippen LogP contribution is -2.27. The summed E-state index contributed by atoms with van der Waals surface area (Å²) in [5, 5.41) is 2.77. The molecule has 2 aromatic rings. The summed E-state index contributed by atoms with van der Waals surface area (Å²) in [5.41, 5.74) is 0.956. The summed E-state index contributed by atoms with van der Waals surface area (Å²) in [7, 11) is 1.41. The molecule has 0 saturated carbocycles. The van der Waals surface area contributed by atoms with Crippen LogP contribution in [0, 0.1) is 5.82 Å². The Bertz CT molecular complexity index is 647. The number of amides is 1. The molecule has 1 aromatic carbocycles. The van der Waals surface area contributed by atoms with Crippen molar-refractivity contribution >= 4 is 21.8 Å². The summed E-state index contributed by atoms with van der Waals surface area (Å²) in [6.45, 7) is 1.78. The number of benzene rings is 1. The highest BCUT2D eigenvalue weighted by atomic mass is 79.9. The van der Waals surface area contributed by atoms with Gasteiger partial charge in [-0.05, 0) is 52.7 Å². The Morgan fingerprint density at radius 3 is 2.71 bits per heavy atom. The van der Waals surface area contributed by atoms with E-state index in [1.807, 2.05) is 0 Å². The number of methoxy groups -OCH3 is 1. The average Bonchev–Trinajstić information content (AvgIpc) is 2.47. The van der Waals surface area contributed by atoms with Crippen molar-refractivity contribution in [2.24, 2.45) is 0 Å². The van der Waals surface area contributed by atoms with E-state index in [0.717, 1.165) is 4.47 Å². The minimum atomic E-state index is -0.460. The zero-order valence-corrected chi connectivity index (χ0v) is 13.1. The Morgan fingerprint density at radius 2 is 2.14 bits per heavy atom. The molecule has 1 unspecified atom stereocenters. The largest absolute Gasteiger partial charge is 0.494 e. The molecule has 1 amide bonds. The minimum Gasteiger partial charge on any atom is -0.494 e. The number of rotatable bonds is 4. The summed E-state index contributed by atoms with van der Waals surface area (Å²) in [5.74, 6) is -0.601. The van der Waals surface area contributed by atoms with E-state index in [1.54, 1.807) is 31.3 Å². The van der Waals surface area contributed by atoms with Crippen molar-refractivity contribution in [2.75, 3.05) is 7.11 Å². The SMILES string of the molecule is COc1ccc(C(C)NC(=O)c2ccc(Br)cn2)cc1F. The van der Waals surface area contributed by atoms with E-state index in [-0.39, 0.29) is 17.7 Å². The van der Waals surface area contributed by atoms with Crippen LogP contribution in [0.4, 0.5) is 4.39 Å². The van der Waals surface area contributed by atoms with Crippen LogP contribution in [0.5, 0.6) is 5.75 Å².